The third kappa shape index (κ3) is 3.31. The molecule has 158 valence electrons. The molecule has 1 aliphatic carbocycles. The van der Waals surface area contributed by atoms with E-state index in [0.717, 1.165) is 0 Å². The fraction of sp³-hybridized carbons (Fsp3) is 0.238. The molecule has 2 amide bonds. The number of fused-ring (bicyclic) bond motifs is 1. The summed E-state index contributed by atoms with van der Waals surface area (Å²) in [4.78, 5) is 47.5. The van der Waals surface area contributed by atoms with Gasteiger partial charge in [0.2, 0.25) is 11.8 Å². The first kappa shape index (κ1) is 20.2. The molecule has 0 aromatic heterocycles. The Morgan fingerprint density at radius 3 is 1.97 bits per heavy atom. The zero-order chi connectivity index (χ0) is 22.3. The lowest BCUT2D eigenvalue weighted by atomic mass is 9.67. The number of hydrogen-bond donors (Lipinski definition) is 1. The smallest absolute Gasteiger partial charge is 0.273 e. The number of carbonyl (C=O) groups is 2. The number of allylic oxidation sites excluding steroid dienone is 2. The van der Waals surface area contributed by atoms with Gasteiger partial charge in [-0.2, -0.15) is 0 Å². The second-order valence-electron chi connectivity index (χ2n) is 7.34. The van der Waals surface area contributed by atoms with E-state index >= 15 is 0 Å². The number of nitro groups is 2. The van der Waals surface area contributed by atoms with Crippen molar-refractivity contribution in [3.63, 3.8) is 0 Å². The molecule has 0 bridgehead atoms. The van der Waals surface area contributed by atoms with Crippen LogP contribution in [0.5, 0.6) is 5.75 Å². The van der Waals surface area contributed by atoms with Crippen molar-refractivity contribution < 1.29 is 24.2 Å². The Hall–Kier alpha value is -4.08. The Balaban J connectivity index is 1.88. The van der Waals surface area contributed by atoms with E-state index in [1.807, 2.05) is 0 Å². The van der Waals surface area contributed by atoms with Crippen LogP contribution < -0.4 is 10.1 Å². The van der Waals surface area contributed by atoms with E-state index in [2.05, 4.69) is 5.32 Å². The molecule has 4 atom stereocenters. The van der Waals surface area contributed by atoms with Gasteiger partial charge >= 0.3 is 0 Å². The van der Waals surface area contributed by atoms with Gasteiger partial charge in [-0.25, -0.2) is 0 Å². The zero-order valence-electron chi connectivity index (χ0n) is 16.3. The van der Waals surface area contributed by atoms with Gasteiger partial charge in [0, 0.05) is 35.1 Å². The number of nitro benzene ring substituents is 2. The first-order valence-corrected chi connectivity index (χ1v) is 9.42. The molecule has 4 rings (SSSR count). The van der Waals surface area contributed by atoms with Gasteiger partial charge in [-0.15, -0.1) is 0 Å². The summed E-state index contributed by atoms with van der Waals surface area (Å²) in [5, 5.41) is 25.4. The van der Waals surface area contributed by atoms with Gasteiger partial charge < -0.3 is 4.74 Å². The summed E-state index contributed by atoms with van der Waals surface area (Å²) in [6.07, 6.45) is 3.23. The van der Waals surface area contributed by atoms with Crippen molar-refractivity contribution in [2.24, 2.45) is 11.8 Å². The molecule has 31 heavy (non-hydrogen) atoms. The third-order valence-electron chi connectivity index (χ3n) is 5.82. The maximum absolute atomic E-state index is 12.7. The molecule has 10 nitrogen and oxygen atoms in total. The van der Waals surface area contributed by atoms with Crippen LogP contribution in [0.2, 0.25) is 0 Å². The second kappa shape index (κ2) is 7.63. The van der Waals surface area contributed by atoms with Gasteiger partial charge in [0.15, 0.2) is 0 Å². The number of nitrogens with one attached hydrogen (secondary N) is 1. The summed E-state index contributed by atoms with van der Waals surface area (Å²) >= 11 is 0. The number of hydrogen-bond acceptors (Lipinski definition) is 7. The highest BCUT2D eigenvalue weighted by atomic mass is 16.6. The number of rotatable bonds is 5. The van der Waals surface area contributed by atoms with E-state index in [1.165, 1.54) is 37.4 Å². The second-order valence-corrected chi connectivity index (χ2v) is 7.34. The normalized spacial score (nSPS) is 24.4. The standard InChI is InChI=1S/C21H17N3O7/c1-31-11-6-9-17(24(29)30)15(10-11)14-8-7-13(18-19(14)21(26)22-20(18)25)12-4-2-3-5-16(12)23(27)28/h2-10,13-14,18-19H,1H3,(H,22,25,26). The van der Waals surface area contributed by atoms with E-state index in [0.29, 0.717) is 11.3 Å². The minimum Gasteiger partial charge on any atom is -0.497 e. The molecule has 1 aliphatic heterocycles. The maximum Gasteiger partial charge on any atom is 0.273 e. The van der Waals surface area contributed by atoms with Crippen LogP contribution in [0.3, 0.4) is 0 Å². The number of para-hydroxylation sites is 1. The lowest BCUT2D eigenvalue weighted by molar-refractivity contribution is -0.386. The highest BCUT2D eigenvalue weighted by Crippen LogP contribution is 2.50. The van der Waals surface area contributed by atoms with Crippen molar-refractivity contribution in [2.75, 3.05) is 7.11 Å². The predicted molar refractivity (Wildman–Crippen MR) is 107 cm³/mol. The van der Waals surface area contributed by atoms with Gasteiger partial charge in [-0.3, -0.25) is 35.1 Å². The first-order valence-electron chi connectivity index (χ1n) is 9.42. The van der Waals surface area contributed by atoms with Crippen LogP contribution in [0.1, 0.15) is 23.0 Å². The molecule has 0 saturated carbocycles. The van der Waals surface area contributed by atoms with Crippen molar-refractivity contribution in [3.05, 3.63) is 86.0 Å². The number of methoxy groups -OCH3 is 1. The largest absolute Gasteiger partial charge is 0.497 e. The Morgan fingerprint density at radius 1 is 0.839 bits per heavy atom. The van der Waals surface area contributed by atoms with Crippen molar-refractivity contribution >= 4 is 23.2 Å². The fourth-order valence-electron chi connectivity index (χ4n) is 4.49. The first-order chi connectivity index (χ1) is 14.8. The molecule has 1 heterocycles. The van der Waals surface area contributed by atoms with Crippen LogP contribution in [0.4, 0.5) is 11.4 Å². The van der Waals surface area contributed by atoms with Crippen molar-refractivity contribution in [3.8, 4) is 5.75 Å². The molecule has 1 fully saturated rings. The van der Waals surface area contributed by atoms with Crippen LogP contribution in [0.15, 0.2) is 54.6 Å². The highest BCUT2D eigenvalue weighted by Gasteiger charge is 2.53. The monoisotopic (exact) mass is 423 g/mol. The Kier molecular flexibility index (Phi) is 4.97. The lowest BCUT2D eigenvalue weighted by Crippen LogP contribution is -2.32. The molecule has 10 heteroatoms. The van der Waals surface area contributed by atoms with Gasteiger partial charge in [0.1, 0.15) is 5.75 Å². The minimum absolute atomic E-state index is 0.158. The SMILES string of the molecule is COc1ccc([N+](=O)[O-])c(C2C=CC(c3ccccc3[N+](=O)[O-])C3C(=O)NC(=O)C23)c1. The van der Waals surface area contributed by atoms with Crippen LogP contribution in [-0.2, 0) is 9.59 Å². The number of carbonyl (C=O) groups excluding carboxylic acids is 2. The molecular formula is C21H17N3O7. The molecule has 4 unspecified atom stereocenters. The van der Waals surface area contributed by atoms with Gasteiger partial charge in [0.25, 0.3) is 11.4 Å². The summed E-state index contributed by atoms with van der Waals surface area (Å²) in [6, 6.07) is 10.3. The number of nitrogens with zero attached hydrogens (tertiary/aromatic N) is 2. The van der Waals surface area contributed by atoms with Gasteiger partial charge in [-0.05, 0) is 12.1 Å². The molecule has 2 aromatic rings. The summed E-state index contributed by atoms with van der Waals surface area (Å²) in [5.74, 6) is -4.13. The third-order valence-corrected chi connectivity index (χ3v) is 5.82. The summed E-state index contributed by atoms with van der Waals surface area (Å²) in [6.45, 7) is 0. The topological polar surface area (TPSA) is 142 Å². The van der Waals surface area contributed by atoms with Crippen LogP contribution >= 0.6 is 0 Å². The zero-order valence-corrected chi connectivity index (χ0v) is 16.3. The van der Waals surface area contributed by atoms with Crippen LogP contribution in [0, 0.1) is 32.1 Å². The molecule has 1 saturated heterocycles. The Morgan fingerprint density at radius 2 is 1.39 bits per heavy atom. The average Bonchev–Trinajstić information content (AvgIpc) is 3.07. The van der Waals surface area contributed by atoms with Gasteiger partial charge in [-0.1, -0.05) is 30.4 Å². The molecule has 1 N–H and O–H groups in total. The molecule has 2 aromatic carbocycles. The van der Waals surface area contributed by atoms with Crippen molar-refractivity contribution in [1.82, 2.24) is 5.32 Å². The van der Waals surface area contributed by atoms with Crippen molar-refractivity contribution in [1.29, 1.82) is 0 Å². The quantitative estimate of drug-likeness (QED) is 0.337. The molecule has 0 radical (unpaired) electrons. The summed E-state index contributed by atoms with van der Waals surface area (Å²) < 4.78 is 5.18. The van der Waals surface area contributed by atoms with E-state index < -0.39 is 45.3 Å². The van der Waals surface area contributed by atoms with E-state index in [9.17, 15) is 29.8 Å². The Bertz CT molecular complexity index is 1140. The van der Waals surface area contributed by atoms with Crippen LogP contribution in [-0.4, -0.2) is 28.8 Å². The number of benzene rings is 2. The maximum atomic E-state index is 12.7. The lowest BCUT2D eigenvalue weighted by Gasteiger charge is -2.32. The fourth-order valence-corrected chi connectivity index (χ4v) is 4.49. The predicted octanol–water partition coefficient (Wildman–Crippen LogP) is 2.84. The van der Waals surface area contributed by atoms with Crippen molar-refractivity contribution in [2.45, 2.75) is 11.8 Å². The number of amides is 2. The number of imide groups is 1. The average molecular weight is 423 g/mol. The minimum atomic E-state index is -0.951. The highest BCUT2D eigenvalue weighted by molar-refractivity contribution is 6.06. The van der Waals surface area contributed by atoms with E-state index in [4.69, 9.17) is 4.74 Å². The van der Waals surface area contributed by atoms with Gasteiger partial charge in [0.05, 0.1) is 28.8 Å². The summed E-state index contributed by atoms with van der Waals surface area (Å²) in [5.41, 5.74) is 0.183. The van der Waals surface area contributed by atoms with Crippen LogP contribution in [0.25, 0.3) is 0 Å². The summed E-state index contributed by atoms with van der Waals surface area (Å²) in [7, 11) is 1.42. The van der Waals surface area contributed by atoms with E-state index in [-0.39, 0.29) is 16.9 Å². The molecule has 0 spiro atoms. The molecular weight excluding hydrogens is 406 g/mol. The Labute approximate surface area is 175 Å². The van der Waals surface area contributed by atoms with E-state index in [1.54, 1.807) is 24.3 Å². The molecule has 2 aliphatic rings. The number of ether oxygens (including phenoxy) is 1.